The molecule has 1 nitrogen and oxygen atoms in total. The Morgan fingerprint density at radius 2 is 1.95 bits per heavy atom. The maximum atomic E-state index is 6.19. The maximum absolute atomic E-state index is 6.19. The fourth-order valence-electron chi connectivity index (χ4n) is 1.86. The highest BCUT2D eigenvalue weighted by Crippen LogP contribution is 2.35. The van der Waals surface area contributed by atoms with Gasteiger partial charge in [0.1, 0.15) is 5.75 Å². The molecule has 1 atom stereocenters. The molecule has 100 valence electrons. The van der Waals surface area contributed by atoms with Gasteiger partial charge in [0.2, 0.25) is 0 Å². The van der Waals surface area contributed by atoms with Gasteiger partial charge in [0, 0.05) is 14.3 Å². The van der Waals surface area contributed by atoms with Crippen molar-refractivity contribution in [2.24, 2.45) is 0 Å². The van der Waals surface area contributed by atoms with Gasteiger partial charge in [-0.3, -0.25) is 0 Å². The Morgan fingerprint density at radius 1 is 1.21 bits per heavy atom. The minimum absolute atomic E-state index is 0.202. The number of hydrogen-bond donors (Lipinski definition) is 0. The van der Waals surface area contributed by atoms with E-state index in [0.717, 1.165) is 27.2 Å². The predicted molar refractivity (Wildman–Crippen MR) is 87.5 cm³/mol. The van der Waals surface area contributed by atoms with Crippen LogP contribution in [0, 0.1) is 0 Å². The fraction of sp³-hybridized carbons (Fsp3) is 0.200. The van der Waals surface area contributed by atoms with Crippen molar-refractivity contribution < 1.29 is 4.74 Å². The number of benzene rings is 2. The molecule has 2 aromatic carbocycles. The Morgan fingerprint density at radius 3 is 2.58 bits per heavy atom. The Bertz CT molecular complexity index is 572. The number of rotatable bonds is 4. The van der Waals surface area contributed by atoms with Gasteiger partial charge in [-0.15, -0.1) is 0 Å². The van der Waals surface area contributed by atoms with Crippen LogP contribution in [0.25, 0.3) is 0 Å². The molecule has 2 aromatic rings. The summed E-state index contributed by atoms with van der Waals surface area (Å²) in [4.78, 5) is 0.202. The third-order valence-corrected chi connectivity index (χ3v) is 4.77. The predicted octanol–water partition coefficient (Wildman–Crippen LogP) is 5.79. The molecule has 4 heteroatoms. The Labute approximate surface area is 135 Å². The molecule has 0 aromatic heterocycles. The number of alkyl halides is 1. The summed E-state index contributed by atoms with van der Waals surface area (Å²) in [6.07, 6.45) is 0.838. The van der Waals surface area contributed by atoms with Gasteiger partial charge in [0.15, 0.2) is 0 Å². The van der Waals surface area contributed by atoms with Crippen molar-refractivity contribution in [3.63, 3.8) is 0 Å². The van der Waals surface area contributed by atoms with Crippen LogP contribution in [-0.2, 0) is 6.42 Å². The van der Waals surface area contributed by atoms with Crippen molar-refractivity contribution in [1.29, 1.82) is 0 Å². The van der Waals surface area contributed by atoms with Gasteiger partial charge in [-0.05, 0) is 35.7 Å². The lowest BCUT2D eigenvalue weighted by molar-refractivity contribution is 0.414. The van der Waals surface area contributed by atoms with Crippen LogP contribution in [0.4, 0.5) is 0 Å². The minimum Gasteiger partial charge on any atom is -0.497 e. The van der Waals surface area contributed by atoms with Crippen molar-refractivity contribution in [3.05, 3.63) is 63.1 Å². The zero-order chi connectivity index (χ0) is 13.8. The zero-order valence-corrected chi connectivity index (χ0v) is 14.3. The first-order chi connectivity index (χ1) is 9.11. The highest BCUT2D eigenvalue weighted by molar-refractivity contribution is 9.11. The van der Waals surface area contributed by atoms with Gasteiger partial charge in [0.05, 0.1) is 7.11 Å². The highest BCUT2D eigenvalue weighted by atomic mass is 79.9. The second-order valence-electron chi connectivity index (χ2n) is 4.15. The molecule has 0 aliphatic heterocycles. The van der Waals surface area contributed by atoms with Gasteiger partial charge < -0.3 is 4.74 Å². The first-order valence-corrected chi connectivity index (χ1v) is 7.91. The van der Waals surface area contributed by atoms with Gasteiger partial charge in [0.25, 0.3) is 0 Å². The summed E-state index contributed by atoms with van der Waals surface area (Å²) in [5.74, 6) is 0.841. The van der Waals surface area contributed by atoms with Crippen molar-refractivity contribution in [3.8, 4) is 5.75 Å². The smallest absolute Gasteiger partial charge is 0.120 e. The molecular weight excluding hydrogens is 391 g/mol. The molecule has 0 N–H and O–H groups in total. The fourth-order valence-corrected chi connectivity index (χ4v) is 3.76. The maximum Gasteiger partial charge on any atom is 0.120 e. The van der Waals surface area contributed by atoms with Crippen molar-refractivity contribution in [2.45, 2.75) is 11.2 Å². The van der Waals surface area contributed by atoms with E-state index in [1.54, 1.807) is 7.11 Å². The Kier molecular flexibility index (Phi) is 5.31. The van der Waals surface area contributed by atoms with E-state index in [0.29, 0.717) is 0 Å². The van der Waals surface area contributed by atoms with Crippen LogP contribution in [0.2, 0.25) is 5.02 Å². The first kappa shape index (κ1) is 14.9. The molecule has 0 aliphatic carbocycles. The molecule has 0 saturated carbocycles. The molecule has 0 aliphatic rings. The molecular formula is C15H13Br2ClO. The third kappa shape index (κ3) is 3.74. The molecule has 0 fully saturated rings. The molecule has 0 heterocycles. The second kappa shape index (κ2) is 6.78. The summed E-state index contributed by atoms with van der Waals surface area (Å²) < 4.78 is 6.23. The summed E-state index contributed by atoms with van der Waals surface area (Å²) in [7, 11) is 1.66. The molecule has 0 bridgehead atoms. The molecule has 2 rings (SSSR count). The lowest BCUT2D eigenvalue weighted by atomic mass is 10.0. The van der Waals surface area contributed by atoms with Crippen LogP contribution in [0.5, 0.6) is 5.75 Å². The van der Waals surface area contributed by atoms with E-state index >= 15 is 0 Å². The molecule has 0 radical (unpaired) electrons. The molecule has 0 saturated heterocycles. The molecule has 19 heavy (non-hydrogen) atoms. The van der Waals surface area contributed by atoms with Crippen LogP contribution in [-0.4, -0.2) is 7.11 Å². The van der Waals surface area contributed by atoms with E-state index < -0.39 is 0 Å². The SMILES string of the molecule is COc1ccc(C(Br)Cc2ccccc2Cl)c(Br)c1. The average molecular weight is 405 g/mol. The van der Waals surface area contributed by atoms with Crippen LogP contribution in [0.1, 0.15) is 16.0 Å². The van der Waals surface area contributed by atoms with E-state index in [2.05, 4.69) is 37.9 Å². The van der Waals surface area contributed by atoms with Crippen LogP contribution < -0.4 is 4.74 Å². The monoisotopic (exact) mass is 402 g/mol. The van der Waals surface area contributed by atoms with E-state index in [1.165, 1.54) is 5.56 Å². The Hall–Kier alpha value is -0.510. The minimum atomic E-state index is 0.202. The van der Waals surface area contributed by atoms with Crippen molar-refractivity contribution in [2.75, 3.05) is 7.11 Å². The lowest BCUT2D eigenvalue weighted by Crippen LogP contribution is -1.97. The zero-order valence-electron chi connectivity index (χ0n) is 10.4. The van der Waals surface area contributed by atoms with E-state index in [1.807, 2.05) is 36.4 Å². The third-order valence-electron chi connectivity index (χ3n) is 2.90. The molecule has 0 spiro atoms. The summed E-state index contributed by atoms with van der Waals surface area (Å²) in [6.45, 7) is 0. The normalized spacial score (nSPS) is 12.2. The standard InChI is InChI=1S/C15H13Br2ClO/c1-19-11-6-7-12(14(17)9-11)13(16)8-10-4-2-3-5-15(10)18/h2-7,9,13H,8H2,1H3. The molecule has 1 unspecified atom stereocenters. The summed E-state index contributed by atoms with van der Waals surface area (Å²) >= 11 is 13.5. The summed E-state index contributed by atoms with van der Waals surface area (Å²) in [5, 5.41) is 0.802. The van der Waals surface area contributed by atoms with Gasteiger partial charge in [-0.1, -0.05) is 67.7 Å². The summed E-state index contributed by atoms with van der Waals surface area (Å²) in [6, 6.07) is 13.9. The second-order valence-corrected chi connectivity index (χ2v) is 6.52. The van der Waals surface area contributed by atoms with Gasteiger partial charge in [-0.2, -0.15) is 0 Å². The largest absolute Gasteiger partial charge is 0.497 e. The average Bonchev–Trinajstić information content (AvgIpc) is 2.41. The van der Waals surface area contributed by atoms with Crippen molar-refractivity contribution in [1.82, 2.24) is 0 Å². The number of hydrogen-bond acceptors (Lipinski definition) is 1. The topological polar surface area (TPSA) is 9.23 Å². The first-order valence-electron chi connectivity index (χ1n) is 5.82. The lowest BCUT2D eigenvalue weighted by Gasteiger charge is -2.14. The Balaban J connectivity index is 2.21. The van der Waals surface area contributed by atoms with Gasteiger partial charge in [-0.25, -0.2) is 0 Å². The highest BCUT2D eigenvalue weighted by Gasteiger charge is 2.14. The van der Waals surface area contributed by atoms with E-state index in [9.17, 15) is 0 Å². The number of ether oxygens (including phenoxy) is 1. The number of methoxy groups -OCH3 is 1. The van der Waals surface area contributed by atoms with Crippen LogP contribution in [0.3, 0.4) is 0 Å². The van der Waals surface area contributed by atoms with Crippen molar-refractivity contribution >= 4 is 43.5 Å². The van der Waals surface area contributed by atoms with Gasteiger partial charge >= 0.3 is 0 Å². The number of halogens is 3. The van der Waals surface area contributed by atoms with E-state index in [-0.39, 0.29) is 4.83 Å². The molecule has 0 amide bonds. The quantitative estimate of drug-likeness (QED) is 0.586. The van der Waals surface area contributed by atoms with Crippen LogP contribution in [0.15, 0.2) is 46.9 Å². The van der Waals surface area contributed by atoms with E-state index in [4.69, 9.17) is 16.3 Å². The van der Waals surface area contributed by atoms with Crippen LogP contribution >= 0.6 is 43.5 Å². The summed E-state index contributed by atoms with van der Waals surface area (Å²) in [5.41, 5.74) is 2.31.